The van der Waals surface area contributed by atoms with Crippen LogP contribution >= 0.6 is 0 Å². The quantitative estimate of drug-likeness (QED) is 0.239. The van der Waals surface area contributed by atoms with Crippen LogP contribution in [0, 0.1) is 0 Å². The Morgan fingerprint density at radius 3 is 2.07 bits per heavy atom. The summed E-state index contributed by atoms with van der Waals surface area (Å²) in [4.78, 5) is 11.8. The molecule has 0 aromatic heterocycles. The van der Waals surface area contributed by atoms with Gasteiger partial charge in [0.25, 0.3) is 0 Å². The molecule has 2 saturated heterocycles. The first kappa shape index (κ1) is 26.4. The number of hydrogen-bond acceptors (Lipinski definition) is 6. The number of carbonyl (C=O) groups excluding carboxylic acids is 1. The first-order chi connectivity index (χ1) is 14.3. The van der Waals surface area contributed by atoms with Gasteiger partial charge in [-0.05, 0) is 0 Å². The van der Waals surface area contributed by atoms with Crippen LogP contribution in [0.25, 0.3) is 0 Å². The molecule has 7 heteroatoms. The Kier molecular flexibility index (Phi) is 10.9. The monoisotopic (exact) mass is 536 g/mol. The van der Waals surface area contributed by atoms with Crippen LogP contribution in [-0.2, 0) is 28.5 Å². The predicted molar refractivity (Wildman–Crippen MR) is 120 cm³/mol. The zero-order valence-corrected chi connectivity index (χ0v) is 22.9. The number of fused-ring (bicyclic) bond motifs is 1. The molecule has 2 rings (SSSR count). The van der Waals surface area contributed by atoms with E-state index in [9.17, 15) is 4.79 Å². The molecule has 0 amide bonds. The summed E-state index contributed by atoms with van der Waals surface area (Å²) in [5.74, 6) is -1.05. The normalized spacial score (nSPS) is 28.3. The van der Waals surface area contributed by atoms with Gasteiger partial charge in [0.1, 0.15) is 0 Å². The molecular formula is C23H44O6Sn. The van der Waals surface area contributed by atoms with Crippen LogP contribution in [0.3, 0.4) is 0 Å². The van der Waals surface area contributed by atoms with Crippen molar-refractivity contribution in [1.29, 1.82) is 0 Å². The van der Waals surface area contributed by atoms with Crippen molar-refractivity contribution in [3.8, 4) is 0 Å². The van der Waals surface area contributed by atoms with Gasteiger partial charge in [0.05, 0.1) is 0 Å². The standard InChI is InChI=1S/C11H17O6.3C4H9.Sn/c1-6(12)15-9-8-7(5-14-10(9)13-4)16-11(2,3)17-8;3*1-3-4-2;/h7-10H,4-5H2,1-3H3;3*1,3-4H2,2H3;/t7-,8-,9+,10-;;;;/m0..../s1. The second-order valence-electron chi connectivity index (χ2n) is 9.54. The van der Waals surface area contributed by atoms with Gasteiger partial charge in [0, 0.05) is 0 Å². The van der Waals surface area contributed by atoms with Crippen molar-refractivity contribution in [2.24, 2.45) is 0 Å². The van der Waals surface area contributed by atoms with Gasteiger partial charge < -0.3 is 0 Å². The number of ether oxygens (including phenoxy) is 5. The van der Waals surface area contributed by atoms with Crippen LogP contribution < -0.4 is 0 Å². The molecule has 0 unspecified atom stereocenters. The molecule has 0 aromatic carbocycles. The minimum absolute atomic E-state index is 0.238. The van der Waals surface area contributed by atoms with Gasteiger partial charge in [-0.15, -0.1) is 0 Å². The van der Waals surface area contributed by atoms with Crippen LogP contribution in [0.2, 0.25) is 13.3 Å². The summed E-state index contributed by atoms with van der Waals surface area (Å²) in [5, 5.41) is 0. The molecule has 0 saturated carbocycles. The van der Waals surface area contributed by atoms with E-state index in [1.54, 1.807) is 0 Å². The summed E-state index contributed by atoms with van der Waals surface area (Å²) < 4.78 is 35.1. The summed E-state index contributed by atoms with van der Waals surface area (Å²) in [6.45, 7) is 12.4. The van der Waals surface area contributed by atoms with Crippen LogP contribution in [0.15, 0.2) is 0 Å². The Hall–Kier alpha value is 0.109. The Morgan fingerprint density at radius 2 is 1.57 bits per heavy atom. The Balaban J connectivity index is 2.12. The SMILES string of the molecule is CCC[CH2][Sn]([CH2]CCC)([CH2]CCC)[CH2]O[C@H]1OC[C@@H]2OC(C)(C)O[C@@H]2[C@H]1OC(C)=O. The molecule has 2 heterocycles. The van der Waals surface area contributed by atoms with Gasteiger partial charge in [-0.3, -0.25) is 0 Å². The molecule has 4 atom stereocenters. The topological polar surface area (TPSA) is 63.2 Å². The first-order valence-corrected chi connectivity index (χ1v) is 20.1. The molecule has 0 bridgehead atoms. The van der Waals surface area contributed by atoms with Gasteiger partial charge in [-0.25, -0.2) is 0 Å². The fourth-order valence-electron chi connectivity index (χ4n) is 4.67. The Bertz CT molecular complexity index is 504. The fraction of sp³-hybridized carbons (Fsp3) is 0.957. The van der Waals surface area contributed by atoms with E-state index in [2.05, 4.69) is 20.8 Å². The van der Waals surface area contributed by atoms with Gasteiger partial charge in [0.15, 0.2) is 0 Å². The maximum atomic E-state index is 11.8. The molecule has 176 valence electrons. The zero-order valence-electron chi connectivity index (χ0n) is 20.0. The summed E-state index contributed by atoms with van der Waals surface area (Å²) in [7, 11) is 0. The second-order valence-corrected chi connectivity index (χ2v) is 23.2. The third kappa shape index (κ3) is 7.61. The number of hydrogen-bond donors (Lipinski definition) is 0. The van der Waals surface area contributed by atoms with Gasteiger partial charge in [-0.1, -0.05) is 0 Å². The molecule has 2 aliphatic rings. The van der Waals surface area contributed by atoms with Crippen molar-refractivity contribution >= 4 is 24.3 Å². The molecular weight excluding hydrogens is 491 g/mol. The summed E-state index contributed by atoms with van der Waals surface area (Å²) >= 11 is -2.48. The Labute approximate surface area is 187 Å². The van der Waals surface area contributed by atoms with Gasteiger partial charge in [0.2, 0.25) is 0 Å². The average Bonchev–Trinajstić information content (AvgIpc) is 3.02. The molecule has 0 N–H and O–H groups in total. The van der Waals surface area contributed by atoms with Crippen molar-refractivity contribution in [3.05, 3.63) is 0 Å². The molecule has 0 aromatic rings. The zero-order chi connectivity index (χ0) is 22.2. The van der Waals surface area contributed by atoms with E-state index < -0.39 is 36.6 Å². The number of unbranched alkanes of at least 4 members (excludes halogenated alkanes) is 3. The molecule has 0 spiro atoms. The van der Waals surface area contributed by atoms with E-state index in [4.69, 9.17) is 23.7 Å². The fourth-order valence-corrected chi connectivity index (χ4v) is 19.0. The summed E-state index contributed by atoms with van der Waals surface area (Å²) in [6, 6.07) is 0. The van der Waals surface area contributed by atoms with Crippen LogP contribution in [0.4, 0.5) is 0 Å². The molecule has 6 nitrogen and oxygen atoms in total. The van der Waals surface area contributed by atoms with Crippen molar-refractivity contribution in [1.82, 2.24) is 0 Å². The third-order valence-corrected chi connectivity index (χ3v) is 20.6. The van der Waals surface area contributed by atoms with Gasteiger partial charge >= 0.3 is 188 Å². The van der Waals surface area contributed by atoms with E-state index in [0.29, 0.717) is 6.61 Å². The van der Waals surface area contributed by atoms with E-state index in [1.807, 2.05) is 13.8 Å². The average molecular weight is 535 g/mol. The third-order valence-electron chi connectivity index (χ3n) is 6.28. The molecule has 30 heavy (non-hydrogen) atoms. The maximum absolute atomic E-state index is 11.8. The molecule has 2 aliphatic heterocycles. The molecule has 0 aliphatic carbocycles. The first-order valence-electron chi connectivity index (χ1n) is 12.0. The molecule has 2 fully saturated rings. The van der Waals surface area contributed by atoms with Crippen LogP contribution in [0.1, 0.15) is 80.1 Å². The summed E-state index contributed by atoms with van der Waals surface area (Å²) in [6.07, 6.45) is 5.83. The predicted octanol–water partition coefficient (Wildman–Crippen LogP) is 5.20. The van der Waals surface area contributed by atoms with Crippen LogP contribution in [0.5, 0.6) is 0 Å². The minimum atomic E-state index is -2.48. The van der Waals surface area contributed by atoms with E-state index in [1.165, 1.54) is 58.8 Å². The second kappa shape index (κ2) is 12.4. The van der Waals surface area contributed by atoms with Crippen molar-refractivity contribution in [3.63, 3.8) is 0 Å². The van der Waals surface area contributed by atoms with E-state index in [0.717, 1.165) is 4.62 Å². The van der Waals surface area contributed by atoms with Crippen molar-refractivity contribution in [2.45, 2.75) is 124 Å². The van der Waals surface area contributed by atoms with Gasteiger partial charge in [-0.2, -0.15) is 0 Å². The van der Waals surface area contributed by atoms with E-state index in [-0.39, 0.29) is 18.2 Å². The van der Waals surface area contributed by atoms with Crippen LogP contribution in [-0.4, -0.2) is 66.0 Å². The Morgan fingerprint density at radius 1 is 1.00 bits per heavy atom. The molecule has 0 radical (unpaired) electrons. The number of carbonyl (C=O) groups is 1. The summed E-state index contributed by atoms with van der Waals surface area (Å²) in [5.41, 5.74) is 0. The number of esters is 1. The van der Waals surface area contributed by atoms with E-state index >= 15 is 0 Å². The van der Waals surface area contributed by atoms with Crippen molar-refractivity contribution in [2.75, 3.05) is 11.2 Å². The number of rotatable bonds is 13. The van der Waals surface area contributed by atoms with Crippen molar-refractivity contribution < 1.29 is 28.5 Å².